The quantitative estimate of drug-likeness (QED) is 0.403. The zero-order valence-electron chi connectivity index (χ0n) is 13.9. The Hall–Kier alpha value is 2.08. The van der Waals surface area contributed by atoms with Crippen molar-refractivity contribution in [1.29, 1.82) is 0 Å². The van der Waals surface area contributed by atoms with Gasteiger partial charge in [0.15, 0.2) is 0 Å². The van der Waals surface area contributed by atoms with Gasteiger partial charge in [0.05, 0.1) is 0 Å². The molecule has 0 spiro atoms. The van der Waals surface area contributed by atoms with Crippen LogP contribution in [0.15, 0.2) is 80.4 Å². The summed E-state index contributed by atoms with van der Waals surface area (Å²) in [4.78, 5) is 0. The van der Waals surface area contributed by atoms with Gasteiger partial charge >= 0.3 is 118 Å². The van der Waals surface area contributed by atoms with E-state index in [9.17, 15) is 0 Å². The van der Waals surface area contributed by atoms with Gasteiger partial charge in [-0.25, -0.2) is 0 Å². The molecule has 5 heteroatoms. The minimum absolute atomic E-state index is 0.00855. The Labute approximate surface area is 198 Å². The van der Waals surface area contributed by atoms with Crippen molar-refractivity contribution in [1.82, 2.24) is 0 Å². The van der Waals surface area contributed by atoms with Gasteiger partial charge in [0.2, 0.25) is 0 Å². The van der Waals surface area contributed by atoms with Gasteiger partial charge in [-0.15, -0.1) is 0 Å². The minimum atomic E-state index is 0.00855. The molecule has 2 aliphatic rings. The Balaban J connectivity index is 0.000000150. The summed E-state index contributed by atoms with van der Waals surface area (Å²) in [6.07, 6.45) is 7.45. The van der Waals surface area contributed by atoms with Crippen LogP contribution in [0, 0.1) is 0 Å². The zero-order valence-corrected chi connectivity index (χ0v) is 31.1. The molecule has 0 bridgehead atoms. The van der Waals surface area contributed by atoms with Crippen molar-refractivity contribution >= 4 is 74.6 Å². The van der Waals surface area contributed by atoms with E-state index in [0.717, 1.165) is 12.8 Å². The number of hydrogen-bond donors (Lipinski definition) is 0. The van der Waals surface area contributed by atoms with Crippen molar-refractivity contribution < 1.29 is 23.2 Å². The SMILES string of the molecule is [CH]1=C[C]([Zr][C]2=[Bi][BiH][CH]=C2)=[Bi][BiH]1.c1ccc(CCc2ccccc2)cc1. The number of benzene rings is 2. The van der Waals surface area contributed by atoms with Crippen molar-refractivity contribution in [2.75, 3.05) is 0 Å². The summed E-state index contributed by atoms with van der Waals surface area (Å²) in [5.74, 6) is 0. The third-order valence-corrected chi connectivity index (χ3v) is 95.1. The fourth-order valence-corrected chi connectivity index (χ4v) is 105. The van der Waals surface area contributed by atoms with Gasteiger partial charge < -0.3 is 0 Å². The first-order valence-corrected chi connectivity index (χ1v) is 52.7. The molecule has 0 radical (unpaired) electrons. The monoisotopic (exact) mass is 1190 g/mol. The maximum absolute atomic E-state index is 2.64. The molecule has 4 rings (SSSR count). The molecular formula is C20H20Bi4Zr. The van der Waals surface area contributed by atoms with Crippen LogP contribution in [0.1, 0.15) is 11.1 Å². The van der Waals surface area contributed by atoms with Crippen molar-refractivity contribution in [3.63, 3.8) is 0 Å². The second-order valence-electron chi connectivity index (χ2n) is 5.52. The van der Waals surface area contributed by atoms with Gasteiger partial charge in [-0.1, -0.05) is 60.7 Å². The summed E-state index contributed by atoms with van der Waals surface area (Å²) in [5, 5.41) is 0. The van der Waals surface area contributed by atoms with E-state index in [4.69, 9.17) is 0 Å². The maximum Gasteiger partial charge on any atom is -0.0238 e. The average Bonchev–Trinajstić information content (AvgIpc) is 3.37. The summed E-state index contributed by atoms with van der Waals surface area (Å²) < 4.78 is 9.57. The molecule has 124 valence electrons. The van der Waals surface area contributed by atoms with E-state index >= 15 is 0 Å². The molecule has 25 heavy (non-hydrogen) atoms. The Morgan fingerprint density at radius 2 is 1.08 bits per heavy atom. The van der Waals surface area contributed by atoms with Gasteiger partial charge in [0, 0.05) is 0 Å². The molecular weight excluding hydrogens is 1170 g/mol. The maximum atomic E-state index is 2.64. The van der Waals surface area contributed by atoms with Crippen molar-refractivity contribution in [2.24, 2.45) is 0 Å². The van der Waals surface area contributed by atoms with Gasteiger partial charge in [-0.2, -0.15) is 0 Å². The molecule has 0 saturated carbocycles. The smallest absolute Gasteiger partial charge is 0.0238 e. The van der Waals surface area contributed by atoms with E-state index in [1.807, 2.05) is 0 Å². The predicted octanol–water partition coefficient (Wildman–Crippen LogP) is 1.97. The molecule has 0 N–H and O–H groups in total. The fourth-order valence-electron chi connectivity index (χ4n) is 2.37. The predicted molar refractivity (Wildman–Crippen MR) is 114 cm³/mol. The van der Waals surface area contributed by atoms with Crippen LogP contribution in [-0.4, -0.2) is 74.6 Å². The van der Waals surface area contributed by atoms with Crippen LogP contribution in [0.25, 0.3) is 0 Å². The van der Waals surface area contributed by atoms with Crippen LogP contribution in [-0.2, 0) is 36.1 Å². The molecule has 0 nitrogen and oxygen atoms in total. The molecule has 0 aromatic heterocycles. The molecule has 0 atom stereocenters. The van der Waals surface area contributed by atoms with Crippen molar-refractivity contribution in [3.8, 4) is 0 Å². The Kier molecular flexibility index (Phi) is 11.6. The molecule has 0 amide bonds. The second-order valence-corrected chi connectivity index (χ2v) is 60.1. The van der Waals surface area contributed by atoms with E-state index in [2.05, 4.69) is 82.2 Å². The number of hydrogen-bond acceptors (Lipinski definition) is 0. The molecule has 0 aliphatic carbocycles. The summed E-state index contributed by atoms with van der Waals surface area (Å²) >= 11 is 0.391. The van der Waals surface area contributed by atoms with Crippen LogP contribution in [0.5, 0.6) is 0 Å². The molecule has 2 aliphatic heterocycles. The van der Waals surface area contributed by atoms with Gasteiger partial charge in [0.1, 0.15) is 0 Å². The number of allylic oxidation sites excluding steroid dienone is 2. The van der Waals surface area contributed by atoms with E-state index in [1.54, 1.807) is 0 Å². The molecule has 0 saturated heterocycles. The van der Waals surface area contributed by atoms with Crippen molar-refractivity contribution in [3.05, 3.63) is 91.5 Å². The Morgan fingerprint density at radius 1 is 0.640 bits per heavy atom. The van der Waals surface area contributed by atoms with E-state index in [0.29, 0.717) is 0 Å². The van der Waals surface area contributed by atoms with Crippen LogP contribution in [0.2, 0.25) is 0 Å². The number of rotatable bonds is 5. The van der Waals surface area contributed by atoms with Crippen molar-refractivity contribution in [2.45, 2.75) is 12.8 Å². The van der Waals surface area contributed by atoms with Crippen LogP contribution in [0.4, 0.5) is 0 Å². The molecule has 0 unspecified atom stereocenters. The largest absolute Gasteiger partial charge is 0.0622 e. The molecule has 2 heterocycles. The van der Waals surface area contributed by atoms with E-state index < -0.39 is 0 Å². The van der Waals surface area contributed by atoms with Crippen LogP contribution < -0.4 is 0 Å². The van der Waals surface area contributed by atoms with Gasteiger partial charge in [-0.3, -0.25) is 0 Å². The second kappa shape index (κ2) is 13.3. The van der Waals surface area contributed by atoms with Gasteiger partial charge in [-0.05, 0) is 24.0 Å². The fraction of sp³-hybridized carbons (Fsp3) is 0.100. The summed E-state index contributed by atoms with van der Waals surface area (Å²) in [5.41, 5.74) is 2.83. The van der Waals surface area contributed by atoms with E-state index in [-0.39, 0.29) is 96.0 Å². The minimum Gasteiger partial charge on any atom is -0.0622 e. The molecule has 0 fully saturated rings. The Morgan fingerprint density at radius 3 is 1.44 bits per heavy atom. The zero-order chi connectivity index (χ0) is 17.2. The van der Waals surface area contributed by atoms with Crippen LogP contribution in [0.3, 0.4) is 0 Å². The molecule has 2 aromatic rings. The molecule has 2 aromatic carbocycles. The first-order chi connectivity index (χ1) is 12.4. The number of aryl methyl sites for hydroxylation is 2. The first kappa shape index (κ1) is 21.8. The average molecular weight is 1190 g/mol. The Bertz CT molecular complexity index is 712. The third kappa shape index (κ3) is 8.96. The standard InChI is InChI=1S/C14H14.2C3H2.4Bi.Zr.2H/c1-3-7-13(8-4-1)11-12-14-9-5-2-6-10-14;2*1-3-2;;;;;;;/h1-10H,11-12H2;2*1,3H;;;;;;;. The summed E-state index contributed by atoms with van der Waals surface area (Å²) in [7, 11) is 0. The summed E-state index contributed by atoms with van der Waals surface area (Å²) in [6, 6.07) is 21.2. The topological polar surface area (TPSA) is 0 Å². The third-order valence-electron chi connectivity index (χ3n) is 3.65. The normalized spacial score (nSPS) is 14.6. The van der Waals surface area contributed by atoms with Gasteiger partial charge in [0.25, 0.3) is 0 Å². The van der Waals surface area contributed by atoms with E-state index in [1.165, 1.54) is 11.1 Å². The van der Waals surface area contributed by atoms with Crippen LogP contribution >= 0.6 is 0 Å². The summed E-state index contributed by atoms with van der Waals surface area (Å²) in [6.45, 7) is 0. The first-order valence-electron chi connectivity index (χ1n) is 8.24.